The van der Waals surface area contributed by atoms with Gasteiger partial charge < -0.3 is 10.1 Å². The van der Waals surface area contributed by atoms with Gasteiger partial charge in [-0.2, -0.15) is 0 Å². The van der Waals surface area contributed by atoms with E-state index in [4.69, 9.17) is 4.74 Å². The van der Waals surface area contributed by atoms with Crippen LogP contribution in [0.4, 0.5) is 5.69 Å². The summed E-state index contributed by atoms with van der Waals surface area (Å²) >= 11 is 0. The summed E-state index contributed by atoms with van der Waals surface area (Å²) in [6.07, 6.45) is 2.71. The second-order valence-electron chi connectivity index (χ2n) is 7.10. The molecule has 29 heavy (non-hydrogen) atoms. The molecule has 0 radical (unpaired) electrons. The zero-order chi connectivity index (χ0) is 21.4. The first kappa shape index (κ1) is 22.7. The van der Waals surface area contributed by atoms with E-state index in [1.54, 1.807) is 31.2 Å². The minimum absolute atomic E-state index is 0.0769. The van der Waals surface area contributed by atoms with Gasteiger partial charge in [0.25, 0.3) is 0 Å². The van der Waals surface area contributed by atoms with E-state index < -0.39 is 16.1 Å². The van der Waals surface area contributed by atoms with Crippen LogP contribution in [0.15, 0.2) is 54.6 Å². The van der Waals surface area contributed by atoms with Gasteiger partial charge in [-0.05, 0) is 63.4 Å². The number of benzene rings is 2. The predicted octanol–water partition coefficient (Wildman–Crippen LogP) is 3.38. The van der Waals surface area contributed by atoms with Crippen LogP contribution in [0.2, 0.25) is 0 Å². The molecule has 2 aromatic carbocycles. The standard InChI is InChI=1S/C22H30N2O4S/c1-5-28-21-15-13-20(14-16-21)24(29(4,26)27)18(3)22(25)23-17(2)11-12-19-9-7-6-8-10-19/h6-10,13-18H,5,11-12H2,1-4H3,(H,23,25)/t17-,18+/m0/s1. The Kier molecular flexibility index (Phi) is 8.08. The van der Waals surface area contributed by atoms with Gasteiger partial charge in [-0.3, -0.25) is 9.10 Å². The number of hydrogen-bond acceptors (Lipinski definition) is 4. The summed E-state index contributed by atoms with van der Waals surface area (Å²) in [5, 5.41) is 2.93. The number of ether oxygens (including phenoxy) is 1. The van der Waals surface area contributed by atoms with Crippen molar-refractivity contribution < 1.29 is 17.9 Å². The number of anilines is 1. The third kappa shape index (κ3) is 6.78. The largest absolute Gasteiger partial charge is 0.494 e. The number of sulfonamides is 1. The summed E-state index contributed by atoms with van der Waals surface area (Å²) < 4.78 is 31.3. The van der Waals surface area contributed by atoms with Crippen molar-refractivity contribution in [2.45, 2.75) is 45.7 Å². The van der Waals surface area contributed by atoms with E-state index in [2.05, 4.69) is 17.4 Å². The fourth-order valence-electron chi connectivity index (χ4n) is 3.13. The van der Waals surface area contributed by atoms with Crippen LogP contribution in [0.25, 0.3) is 0 Å². The summed E-state index contributed by atoms with van der Waals surface area (Å²) in [6, 6.07) is 15.8. The second kappa shape index (κ2) is 10.3. The Hall–Kier alpha value is -2.54. The maximum Gasteiger partial charge on any atom is 0.243 e. The summed E-state index contributed by atoms with van der Waals surface area (Å²) in [6.45, 7) is 5.92. The first-order valence-corrected chi connectivity index (χ1v) is 11.6. The lowest BCUT2D eigenvalue weighted by Crippen LogP contribution is -2.49. The lowest BCUT2D eigenvalue weighted by atomic mass is 10.1. The maximum absolute atomic E-state index is 12.8. The van der Waals surface area contributed by atoms with Crippen molar-refractivity contribution in [3.8, 4) is 5.75 Å². The number of nitrogens with zero attached hydrogens (tertiary/aromatic N) is 1. The SMILES string of the molecule is CCOc1ccc(N([C@H](C)C(=O)N[C@@H](C)CCc2ccccc2)S(C)(=O)=O)cc1. The topological polar surface area (TPSA) is 75.7 Å². The minimum atomic E-state index is -3.65. The molecule has 1 amide bonds. The van der Waals surface area contributed by atoms with Gasteiger partial charge in [-0.1, -0.05) is 30.3 Å². The molecule has 1 N–H and O–H groups in total. The van der Waals surface area contributed by atoms with Crippen LogP contribution in [0.3, 0.4) is 0 Å². The molecule has 0 aliphatic rings. The van der Waals surface area contributed by atoms with E-state index in [0.717, 1.165) is 23.4 Å². The Balaban J connectivity index is 2.06. The first-order chi connectivity index (χ1) is 13.7. The minimum Gasteiger partial charge on any atom is -0.494 e. The molecule has 0 fully saturated rings. The third-order valence-electron chi connectivity index (χ3n) is 4.59. The van der Waals surface area contributed by atoms with Crippen molar-refractivity contribution >= 4 is 21.6 Å². The Morgan fingerprint density at radius 2 is 1.69 bits per heavy atom. The number of hydrogen-bond donors (Lipinski definition) is 1. The lowest BCUT2D eigenvalue weighted by molar-refractivity contribution is -0.122. The van der Waals surface area contributed by atoms with Gasteiger partial charge in [0.2, 0.25) is 15.9 Å². The van der Waals surface area contributed by atoms with Crippen molar-refractivity contribution in [3.05, 3.63) is 60.2 Å². The number of amides is 1. The van der Waals surface area contributed by atoms with Crippen molar-refractivity contribution in [1.29, 1.82) is 0 Å². The zero-order valence-electron chi connectivity index (χ0n) is 17.5. The van der Waals surface area contributed by atoms with Gasteiger partial charge in [-0.15, -0.1) is 0 Å². The molecule has 0 saturated heterocycles. The molecular formula is C22H30N2O4S. The third-order valence-corrected chi connectivity index (χ3v) is 5.83. The summed E-state index contributed by atoms with van der Waals surface area (Å²) in [4.78, 5) is 12.8. The predicted molar refractivity (Wildman–Crippen MR) is 117 cm³/mol. The molecule has 7 heteroatoms. The van der Waals surface area contributed by atoms with Crippen LogP contribution in [0.1, 0.15) is 32.8 Å². The van der Waals surface area contributed by atoms with E-state index in [-0.39, 0.29) is 11.9 Å². The first-order valence-electron chi connectivity index (χ1n) is 9.79. The quantitative estimate of drug-likeness (QED) is 0.642. The molecular weight excluding hydrogens is 388 g/mol. The van der Waals surface area contributed by atoms with Gasteiger partial charge >= 0.3 is 0 Å². The van der Waals surface area contributed by atoms with Crippen molar-refractivity contribution in [1.82, 2.24) is 5.32 Å². The van der Waals surface area contributed by atoms with Gasteiger partial charge in [0.05, 0.1) is 18.6 Å². The van der Waals surface area contributed by atoms with Crippen LogP contribution in [-0.2, 0) is 21.2 Å². The number of aryl methyl sites for hydroxylation is 1. The summed E-state index contributed by atoms with van der Waals surface area (Å²) in [5.41, 5.74) is 1.63. The van der Waals surface area contributed by atoms with Crippen molar-refractivity contribution in [3.63, 3.8) is 0 Å². The van der Waals surface area contributed by atoms with Crippen LogP contribution < -0.4 is 14.4 Å². The Bertz CT molecular complexity index is 883. The number of carbonyl (C=O) groups excluding carboxylic acids is 1. The fourth-order valence-corrected chi connectivity index (χ4v) is 4.30. The Morgan fingerprint density at radius 1 is 1.07 bits per heavy atom. The fraction of sp³-hybridized carbons (Fsp3) is 0.409. The van der Waals surface area contributed by atoms with E-state index in [1.807, 2.05) is 32.0 Å². The van der Waals surface area contributed by atoms with E-state index in [9.17, 15) is 13.2 Å². The molecule has 158 valence electrons. The summed E-state index contributed by atoms with van der Waals surface area (Å²) in [7, 11) is -3.65. The van der Waals surface area contributed by atoms with E-state index in [0.29, 0.717) is 18.0 Å². The normalized spacial score (nSPS) is 13.4. The molecule has 0 aromatic heterocycles. The van der Waals surface area contributed by atoms with E-state index >= 15 is 0 Å². The Morgan fingerprint density at radius 3 is 2.24 bits per heavy atom. The number of rotatable bonds is 10. The molecule has 0 spiro atoms. The highest BCUT2D eigenvalue weighted by Crippen LogP contribution is 2.24. The molecule has 0 saturated carbocycles. The van der Waals surface area contributed by atoms with Gasteiger partial charge in [0.15, 0.2) is 0 Å². The average molecular weight is 419 g/mol. The van der Waals surface area contributed by atoms with E-state index in [1.165, 1.54) is 5.56 Å². The van der Waals surface area contributed by atoms with Crippen LogP contribution >= 0.6 is 0 Å². The molecule has 2 atom stereocenters. The highest BCUT2D eigenvalue weighted by molar-refractivity contribution is 7.92. The molecule has 0 bridgehead atoms. The van der Waals surface area contributed by atoms with Crippen molar-refractivity contribution in [2.75, 3.05) is 17.2 Å². The highest BCUT2D eigenvalue weighted by Gasteiger charge is 2.29. The molecule has 2 rings (SSSR count). The second-order valence-corrected chi connectivity index (χ2v) is 8.96. The lowest BCUT2D eigenvalue weighted by Gasteiger charge is -2.29. The smallest absolute Gasteiger partial charge is 0.243 e. The number of nitrogens with one attached hydrogen (secondary N) is 1. The molecule has 0 aliphatic carbocycles. The molecule has 6 nitrogen and oxygen atoms in total. The molecule has 0 heterocycles. The zero-order valence-corrected chi connectivity index (χ0v) is 18.3. The summed E-state index contributed by atoms with van der Waals surface area (Å²) in [5.74, 6) is 0.321. The molecule has 0 aliphatic heterocycles. The number of carbonyl (C=O) groups is 1. The van der Waals surface area contributed by atoms with Crippen LogP contribution in [-0.4, -0.2) is 39.3 Å². The van der Waals surface area contributed by atoms with Crippen molar-refractivity contribution in [2.24, 2.45) is 0 Å². The average Bonchev–Trinajstić information content (AvgIpc) is 2.68. The highest BCUT2D eigenvalue weighted by atomic mass is 32.2. The van der Waals surface area contributed by atoms with Crippen LogP contribution in [0, 0.1) is 0 Å². The monoisotopic (exact) mass is 418 g/mol. The Labute approximate surface area is 173 Å². The maximum atomic E-state index is 12.8. The molecule has 2 aromatic rings. The van der Waals surface area contributed by atoms with Crippen LogP contribution in [0.5, 0.6) is 5.75 Å². The van der Waals surface area contributed by atoms with Gasteiger partial charge in [0, 0.05) is 6.04 Å². The van der Waals surface area contributed by atoms with Gasteiger partial charge in [0.1, 0.15) is 11.8 Å². The van der Waals surface area contributed by atoms with Gasteiger partial charge in [-0.25, -0.2) is 8.42 Å². The molecule has 0 unspecified atom stereocenters.